The molecule has 4 rings (SSSR count). The lowest BCUT2D eigenvalue weighted by Gasteiger charge is -2.04. The van der Waals surface area contributed by atoms with Crippen LogP contribution in [0.5, 0.6) is 0 Å². The van der Waals surface area contributed by atoms with Gasteiger partial charge in [-0.05, 0) is 48.4 Å². The minimum absolute atomic E-state index is 0.000681. The Kier molecular flexibility index (Phi) is 4.73. The Morgan fingerprint density at radius 1 is 1.07 bits per heavy atom. The Bertz CT molecular complexity index is 1130. The highest BCUT2D eigenvalue weighted by Crippen LogP contribution is 2.17. The van der Waals surface area contributed by atoms with Crippen LogP contribution in [0.25, 0.3) is 10.9 Å². The second kappa shape index (κ2) is 7.33. The molecule has 27 heavy (non-hydrogen) atoms. The summed E-state index contributed by atoms with van der Waals surface area (Å²) in [5, 5.41) is 1.74. The molecule has 0 saturated heterocycles. The summed E-state index contributed by atoms with van der Waals surface area (Å²) in [5.74, 6) is -0.000681. The third-order valence-corrected chi connectivity index (χ3v) is 4.67. The first kappa shape index (κ1) is 17.4. The summed E-state index contributed by atoms with van der Waals surface area (Å²) >= 11 is 6.02. The number of benzene rings is 2. The van der Waals surface area contributed by atoms with E-state index < -0.39 is 0 Å². The van der Waals surface area contributed by atoms with Gasteiger partial charge in [0.2, 0.25) is 0 Å². The number of ketones is 1. The van der Waals surface area contributed by atoms with Gasteiger partial charge in [0, 0.05) is 35.3 Å². The van der Waals surface area contributed by atoms with E-state index in [1.807, 2.05) is 66.1 Å². The molecule has 0 N–H and O–H groups in total. The lowest BCUT2D eigenvalue weighted by molar-refractivity contribution is 0.0988. The average molecular weight is 376 g/mol. The third kappa shape index (κ3) is 4.07. The fraction of sp³-hybridized carbons (Fsp3) is 0.136. The maximum absolute atomic E-state index is 12.6. The van der Waals surface area contributed by atoms with Crippen LogP contribution >= 0.6 is 11.6 Å². The minimum atomic E-state index is -0.000681. The molecule has 134 valence electrons. The van der Waals surface area contributed by atoms with Gasteiger partial charge >= 0.3 is 0 Å². The Morgan fingerprint density at radius 3 is 2.81 bits per heavy atom. The summed E-state index contributed by atoms with van der Waals surface area (Å²) in [7, 11) is 0. The van der Waals surface area contributed by atoms with E-state index >= 15 is 0 Å². The van der Waals surface area contributed by atoms with Crippen molar-refractivity contribution in [3.63, 3.8) is 0 Å². The Labute approximate surface area is 162 Å². The predicted octanol–water partition coefficient (Wildman–Crippen LogP) is 4.87. The maximum atomic E-state index is 12.6. The number of halogens is 1. The van der Waals surface area contributed by atoms with E-state index in [0.717, 1.165) is 27.7 Å². The molecule has 0 spiro atoms. The normalized spacial score (nSPS) is 11.0. The zero-order chi connectivity index (χ0) is 18.8. The lowest BCUT2D eigenvalue weighted by atomic mass is 10.0. The zero-order valence-corrected chi connectivity index (χ0v) is 15.6. The molecule has 0 aliphatic carbocycles. The van der Waals surface area contributed by atoms with E-state index in [4.69, 9.17) is 11.6 Å². The summed E-state index contributed by atoms with van der Waals surface area (Å²) in [6.07, 6.45) is 3.79. The summed E-state index contributed by atoms with van der Waals surface area (Å²) in [6, 6.07) is 17.6. The molecule has 2 heterocycles. The number of aromatic nitrogens is 3. The van der Waals surface area contributed by atoms with Crippen molar-refractivity contribution < 1.29 is 4.79 Å². The molecule has 0 saturated carbocycles. The predicted molar refractivity (Wildman–Crippen MR) is 107 cm³/mol. The molecule has 0 bridgehead atoms. The molecular formula is C22H18ClN3O. The number of aryl methyl sites for hydroxylation is 1. The number of hydrogen-bond donors (Lipinski definition) is 0. The van der Waals surface area contributed by atoms with E-state index in [1.54, 1.807) is 12.5 Å². The second-order valence-electron chi connectivity index (χ2n) is 6.64. The van der Waals surface area contributed by atoms with Gasteiger partial charge in [-0.2, -0.15) is 0 Å². The highest BCUT2D eigenvalue weighted by atomic mass is 35.5. The number of hydrogen-bond acceptors (Lipinski definition) is 3. The number of pyridine rings is 1. The van der Waals surface area contributed by atoms with Gasteiger partial charge in [-0.25, -0.2) is 4.98 Å². The first-order valence-electron chi connectivity index (χ1n) is 8.72. The number of Topliss-reactive ketones (excluding diaryl/α,β-unsaturated/α-hetero) is 1. The monoisotopic (exact) mass is 375 g/mol. The van der Waals surface area contributed by atoms with Gasteiger partial charge in [-0.3, -0.25) is 9.78 Å². The zero-order valence-electron chi connectivity index (χ0n) is 14.9. The van der Waals surface area contributed by atoms with Crippen molar-refractivity contribution in [3.8, 4) is 0 Å². The lowest BCUT2D eigenvalue weighted by Crippen LogP contribution is -2.04. The topological polar surface area (TPSA) is 47.8 Å². The van der Waals surface area contributed by atoms with Crippen LogP contribution in [0.1, 0.15) is 27.3 Å². The molecule has 4 nitrogen and oxygen atoms in total. The smallest absolute Gasteiger partial charge is 0.187 e. The molecule has 0 amide bonds. The standard InChI is InChI=1S/C22H18ClN3O/c1-15-5-7-18-9-16(6-8-20(18)25-15)11-22(27)21-13-26(14-24-21)12-17-3-2-4-19(23)10-17/h2-10,13-14H,11-12H2,1H3. The fourth-order valence-corrected chi connectivity index (χ4v) is 3.31. The van der Waals surface area contributed by atoms with Crippen LogP contribution in [0.3, 0.4) is 0 Å². The highest BCUT2D eigenvalue weighted by Gasteiger charge is 2.11. The van der Waals surface area contributed by atoms with Crippen molar-refractivity contribution in [1.82, 2.24) is 14.5 Å². The van der Waals surface area contributed by atoms with Crippen molar-refractivity contribution in [1.29, 1.82) is 0 Å². The Hall–Kier alpha value is -2.98. The van der Waals surface area contributed by atoms with Crippen LogP contribution in [-0.2, 0) is 13.0 Å². The molecule has 0 unspecified atom stereocenters. The molecule has 4 aromatic rings. The summed E-state index contributed by atoms with van der Waals surface area (Å²) < 4.78 is 1.89. The third-order valence-electron chi connectivity index (χ3n) is 4.43. The van der Waals surface area contributed by atoms with Crippen molar-refractivity contribution in [2.75, 3.05) is 0 Å². The van der Waals surface area contributed by atoms with Crippen molar-refractivity contribution >= 4 is 28.3 Å². The number of fused-ring (bicyclic) bond motifs is 1. The van der Waals surface area contributed by atoms with Crippen LogP contribution in [0, 0.1) is 6.92 Å². The van der Waals surface area contributed by atoms with Crippen molar-refractivity contribution in [3.05, 3.63) is 94.7 Å². The molecule has 2 aromatic carbocycles. The number of rotatable bonds is 5. The van der Waals surface area contributed by atoms with Crippen LogP contribution < -0.4 is 0 Å². The number of carbonyl (C=O) groups is 1. The first-order valence-corrected chi connectivity index (χ1v) is 9.10. The van der Waals surface area contributed by atoms with Gasteiger partial charge < -0.3 is 4.57 Å². The second-order valence-corrected chi connectivity index (χ2v) is 7.08. The van der Waals surface area contributed by atoms with E-state index in [9.17, 15) is 4.79 Å². The molecule has 0 fully saturated rings. The summed E-state index contributed by atoms with van der Waals surface area (Å²) in [6.45, 7) is 2.60. The molecule has 5 heteroatoms. The molecule has 0 radical (unpaired) electrons. The van der Waals surface area contributed by atoms with Gasteiger partial charge in [-0.1, -0.05) is 35.9 Å². The largest absolute Gasteiger partial charge is 0.332 e. The van der Waals surface area contributed by atoms with Crippen LogP contribution in [0.4, 0.5) is 0 Å². The van der Waals surface area contributed by atoms with Crippen molar-refractivity contribution in [2.45, 2.75) is 19.9 Å². The maximum Gasteiger partial charge on any atom is 0.187 e. The average Bonchev–Trinajstić information content (AvgIpc) is 3.10. The number of carbonyl (C=O) groups excluding carboxylic acids is 1. The highest BCUT2D eigenvalue weighted by molar-refractivity contribution is 6.30. The quantitative estimate of drug-likeness (QED) is 0.468. The van der Waals surface area contributed by atoms with E-state index in [2.05, 4.69) is 9.97 Å². The van der Waals surface area contributed by atoms with Crippen LogP contribution in [0.15, 0.2) is 67.1 Å². The van der Waals surface area contributed by atoms with E-state index in [-0.39, 0.29) is 5.78 Å². The van der Waals surface area contributed by atoms with Gasteiger partial charge in [0.1, 0.15) is 5.69 Å². The van der Waals surface area contributed by atoms with Crippen molar-refractivity contribution in [2.24, 2.45) is 0 Å². The van der Waals surface area contributed by atoms with Gasteiger partial charge in [0.25, 0.3) is 0 Å². The summed E-state index contributed by atoms with van der Waals surface area (Å²) in [5.41, 5.74) is 4.42. The molecule has 0 aliphatic heterocycles. The van der Waals surface area contributed by atoms with Gasteiger partial charge in [0.05, 0.1) is 11.8 Å². The van der Waals surface area contributed by atoms with Crippen LogP contribution in [-0.4, -0.2) is 20.3 Å². The Morgan fingerprint density at radius 2 is 1.96 bits per heavy atom. The van der Waals surface area contributed by atoms with Gasteiger partial charge in [0.15, 0.2) is 5.78 Å². The Balaban J connectivity index is 1.48. The summed E-state index contributed by atoms with van der Waals surface area (Å²) in [4.78, 5) is 21.4. The van der Waals surface area contributed by atoms with Gasteiger partial charge in [-0.15, -0.1) is 0 Å². The number of nitrogens with zero attached hydrogens (tertiary/aromatic N) is 3. The molecular weight excluding hydrogens is 358 g/mol. The molecule has 2 aromatic heterocycles. The first-order chi connectivity index (χ1) is 13.1. The number of imidazole rings is 1. The van der Waals surface area contributed by atoms with E-state index in [1.165, 1.54) is 0 Å². The minimum Gasteiger partial charge on any atom is -0.332 e. The fourth-order valence-electron chi connectivity index (χ4n) is 3.10. The van der Waals surface area contributed by atoms with Crippen LogP contribution in [0.2, 0.25) is 5.02 Å². The SMILES string of the molecule is Cc1ccc2cc(CC(=O)c3cn(Cc4cccc(Cl)c4)cn3)ccc2n1. The molecule has 0 aliphatic rings. The molecule has 0 atom stereocenters. The van der Waals surface area contributed by atoms with E-state index in [0.29, 0.717) is 23.7 Å².